The summed E-state index contributed by atoms with van der Waals surface area (Å²) in [5, 5.41) is 1.72. The average molecular weight is 527 g/mol. The molecular formula is C32H31ClN2O3. The zero-order valence-electron chi connectivity index (χ0n) is 21.6. The number of hydrogen-bond donors (Lipinski definition) is 1. The second-order valence-electron chi connectivity index (χ2n) is 10.1. The molecule has 1 aromatic heterocycles. The van der Waals surface area contributed by atoms with E-state index in [1.54, 1.807) is 0 Å². The van der Waals surface area contributed by atoms with Crippen molar-refractivity contribution in [2.75, 3.05) is 13.2 Å². The van der Waals surface area contributed by atoms with Gasteiger partial charge in [-0.25, -0.2) is 4.98 Å². The monoisotopic (exact) mass is 526 g/mol. The van der Waals surface area contributed by atoms with Gasteiger partial charge in [-0.2, -0.15) is 0 Å². The Balaban J connectivity index is 1.39. The number of pyridine rings is 1. The molecule has 0 atom stereocenters. The van der Waals surface area contributed by atoms with Gasteiger partial charge in [0.2, 0.25) is 5.91 Å². The summed E-state index contributed by atoms with van der Waals surface area (Å²) >= 11 is 6.14. The first-order valence-electron chi connectivity index (χ1n) is 12.8. The van der Waals surface area contributed by atoms with Crippen LogP contribution in [-0.4, -0.2) is 24.1 Å². The van der Waals surface area contributed by atoms with E-state index in [0.29, 0.717) is 31.1 Å². The van der Waals surface area contributed by atoms with Gasteiger partial charge >= 0.3 is 0 Å². The average Bonchev–Trinajstić information content (AvgIpc) is 3.41. The van der Waals surface area contributed by atoms with E-state index in [2.05, 4.69) is 6.07 Å². The Kier molecular flexibility index (Phi) is 7.35. The predicted octanol–water partition coefficient (Wildman–Crippen LogP) is 6.65. The highest BCUT2D eigenvalue weighted by Crippen LogP contribution is 2.38. The van der Waals surface area contributed by atoms with Gasteiger partial charge in [-0.1, -0.05) is 72.3 Å². The van der Waals surface area contributed by atoms with E-state index in [4.69, 9.17) is 31.8 Å². The maximum absolute atomic E-state index is 12.2. The van der Waals surface area contributed by atoms with Crippen molar-refractivity contribution in [3.63, 3.8) is 0 Å². The summed E-state index contributed by atoms with van der Waals surface area (Å²) < 4.78 is 12.5. The molecule has 6 heteroatoms. The molecule has 0 bridgehead atoms. The summed E-state index contributed by atoms with van der Waals surface area (Å²) in [6.07, 6.45) is 5.32. The predicted molar refractivity (Wildman–Crippen MR) is 153 cm³/mol. The smallest absolute Gasteiger partial charge is 0.227 e. The van der Waals surface area contributed by atoms with Gasteiger partial charge in [0.05, 0.1) is 29.8 Å². The first kappa shape index (κ1) is 26.1. The van der Waals surface area contributed by atoms with E-state index in [-0.39, 0.29) is 5.91 Å². The molecule has 1 aliphatic heterocycles. The van der Waals surface area contributed by atoms with E-state index >= 15 is 0 Å². The topological polar surface area (TPSA) is 74.4 Å². The quantitative estimate of drug-likeness (QED) is 0.279. The first-order valence-corrected chi connectivity index (χ1v) is 13.2. The Bertz CT molecular complexity index is 1510. The minimum absolute atomic E-state index is 0.350. The number of nitrogens with two attached hydrogens (primary N) is 1. The Morgan fingerprint density at radius 2 is 1.76 bits per heavy atom. The number of nitrogens with zero attached hydrogens (tertiary/aromatic N) is 1. The van der Waals surface area contributed by atoms with E-state index in [1.165, 1.54) is 0 Å². The molecule has 1 fully saturated rings. The summed E-state index contributed by atoms with van der Waals surface area (Å²) in [6, 6.07) is 25.9. The number of fused-ring (bicyclic) bond motifs is 1. The highest BCUT2D eigenvalue weighted by molar-refractivity contribution is 6.31. The van der Waals surface area contributed by atoms with Crippen molar-refractivity contribution in [3.8, 4) is 0 Å². The van der Waals surface area contributed by atoms with Crippen molar-refractivity contribution in [1.82, 2.24) is 4.98 Å². The molecule has 0 radical (unpaired) electrons. The SMILES string of the molecule is CC(C)(C(N)=O)c1ccccc1CCC1(c2cccc(/C=C/c3ccc4ccc(Cl)cc4n3)c2)OCCO1. The molecule has 2 N–H and O–H groups in total. The minimum atomic E-state index is -0.855. The third kappa shape index (κ3) is 5.37. The fourth-order valence-corrected chi connectivity index (χ4v) is 5.12. The Labute approximate surface area is 228 Å². The van der Waals surface area contributed by atoms with Crippen LogP contribution >= 0.6 is 11.6 Å². The molecule has 38 heavy (non-hydrogen) atoms. The van der Waals surface area contributed by atoms with E-state index in [0.717, 1.165) is 38.9 Å². The standard InChI is InChI=1S/C32H31ClN2O3/c1-31(2,30(34)36)28-9-4-3-7-23(28)16-17-32(37-18-19-38-32)25-8-5-6-22(20-25)10-14-27-15-12-24-11-13-26(33)21-29(24)35-27/h3-15,20-21H,16-19H2,1-2H3,(H2,34,36)/b14-10+. The highest BCUT2D eigenvalue weighted by Gasteiger charge is 2.39. The molecular weight excluding hydrogens is 496 g/mol. The lowest BCUT2D eigenvalue weighted by Crippen LogP contribution is -2.36. The number of carbonyl (C=O) groups is 1. The molecule has 5 nitrogen and oxygen atoms in total. The minimum Gasteiger partial charge on any atom is -0.369 e. The number of aromatic nitrogens is 1. The molecule has 1 amide bonds. The van der Waals surface area contributed by atoms with Crippen LogP contribution in [0, 0.1) is 0 Å². The van der Waals surface area contributed by atoms with E-state index in [1.807, 2.05) is 98.8 Å². The lowest BCUT2D eigenvalue weighted by Gasteiger charge is -2.30. The molecule has 0 spiro atoms. The summed E-state index contributed by atoms with van der Waals surface area (Å²) in [7, 11) is 0. The number of benzene rings is 3. The van der Waals surface area contributed by atoms with Crippen LogP contribution in [0.3, 0.4) is 0 Å². The molecule has 194 valence electrons. The van der Waals surface area contributed by atoms with Gasteiger partial charge in [-0.15, -0.1) is 0 Å². The van der Waals surface area contributed by atoms with Crippen LogP contribution in [0.25, 0.3) is 23.1 Å². The summed E-state index contributed by atoms with van der Waals surface area (Å²) in [4.78, 5) is 16.9. The molecule has 1 aliphatic rings. The molecule has 1 saturated heterocycles. The summed E-state index contributed by atoms with van der Waals surface area (Å²) in [5.41, 5.74) is 10.6. The fourth-order valence-electron chi connectivity index (χ4n) is 4.95. The van der Waals surface area contributed by atoms with Crippen molar-refractivity contribution < 1.29 is 14.3 Å². The van der Waals surface area contributed by atoms with Gasteiger partial charge in [-0.3, -0.25) is 4.79 Å². The van der Waals surface area contributed by atoms with Gasteiger partial charge in [0, 0.05) is 22.4 Å². The Hall–Kier alpha value is -3.51. The van der Waals surface area contributed by atoms with Crippen LogP contribution < -0.4 is 5.73 Å². The van der Waals surface area contributed by atoms with Crippen LogP contribution in [0.1, 0.15) is 48.2 Å². The number of halogens is 1. The van der Waals surface area contributed by atoms with Crippen molar-refractivity contribution >= 4 is 40.6 Å². The number of primary amides is 1. The van der Waals surface area contributed by atoms with Crippen LogP contribution in [0.2, 0.25) is 5.02 Å². The van der Waals surface area contributed by atoms with Crippen LogP contribution in [0.5, 0.6) is 0 Å². The molecule has 0 saturated carbocycles. The third-order valence-corrected chi connectivity index (χ3v) is 7.47. The first-order chi connectivity index (χ1) is 18.3. The molecule has 3 aromatic carbocycles. The fraction of sp³-hybridized carbons (Fsp3) is 0.250. The third-order valence-electron chi connectivity index (χ3n) is 7.23. The summed E-state index contributed by atoms with van der Waals surface area (Å²) in [5.74, 6) is -1.21. The summed E-state index contributed by atoms with van der Waals surface area (Å²) in [6.45, 7) is 4.78. The number of ether oxygens (including phenoxy) is 2. The Morgan fingerprint density at radius 1 is 1.00 bits per heavy atom. The molecule has 0 unspecified atom stereocenters. The number of aryl methyl sites for hydroxylation is 1. The number of amides is 1. The van der Waals surface area contributed by atoms with Crippen molar-refractivity contribution in [2.24, 2.45) is 5.73 Å². The molecule has 0 aliphatic carbocycles. The maximum atomic E-state index is 12.2. The molecule has 4 aromatic rings. The van der Waals surface area contributed by atoms with E-state index < -0.39 is 11.2 Å². The molecule has 2 heterocycles. The van der Waals surface area contributed by atoms with Gasteiger partial charge in [0.1, 0.15) is 0 Å². The largest absolute Gasteiger partial charge is 0.369 e. The van der Waals surface area contributed by atoms with Gasteiger partial charge in [0.15, 0.2) is 5.79 Å². The second-order valence-corrected chi connectivity index (χ2v) is 10.6. The zero-order valence-corrected chi connectivity index (χ0v) is 22.4. The zero-order chi connectivity index (χ0) is 26.8. The molecule has 5 rings (SSSR count). The lowest BCUT2D eigenvalue weighted by atomic mass is 9.79. The number of carbonyl (C=O) groups excluding carboxylic acids is 1. The van der Waals surface area contributed by atoms with Gasteiger partial charge in [-0.05, 0) is 67.3 Å². The normalized spacial score (nSPS) is 15.3. The van der Waals surface area contributed by atoms with Crippen molar-refractivity contribution in [1.29, 1.82) is 0 Å². The Morgan fingerprint density at radius 3 is 2.55 bits per heavy atom. The van der Waals surface area contributed by atoms with Crippen LogP contribution in [0.15, 0.2) is 78.9 Å². The maximum Gasteiger partial charge on any atom is 0.227 e. The van der Waals surface area contributed by atoms with Gasteiger partial charge in [0.25, 0.3) is 0 Å². The number of hydrogen-bond acceptors (Lipinski definition) is 4. The second kappa shape index (κ2) is 10.7. The van der Waals surface area contributed by atoms with Crippen LogP contribution in [0.4, 0.5) is 0 Å². The van der Waals surface area contributed by atoms with Gasteiger partial charge < -0.3 is 15.2 Å². The lowest BCUT2D eigenvalue weighted by molar-refractivity contribution is -0.170. The van der Waals surface area contributed by atoms with Crippen molar-refractivity contribution in [3.05, 3.63) is 112 Å². The van der Waals surface area contributed by atoms with E-state index in [9.17, 15) is 4.79 Å². The van der Waals surface area contributed by atoms with Crippen molar-refractivity contribution in [2.45, 2.75) is 37.9 Å². The highest BCUT2D eigenvalue weighted by atomic mass is 35.5. The van der Waals surface area contributed by atoms with Crippen LogP contribution in [-0.2, 0) is 31.9 Å². The number of rotatable bonds is 8.